The van der Waals surface area contributed by atoms with Crippen molar-refractivity contribution < 1.29 is 14.6 Å². The Morgan fingerprint density at radius 3 is 2.73 bits per heavy atom. The zero-order valence-electron chi connectivity index (χ0n) is 13.6. The number of aromatic nitrogens is 1. The summed E-state index contributed by atoms with van der Waals surface area (Å²) in [6, 6.07) is 14.0. The lowest BCUT2D eigenvalue weighted by molar-refractivity contribution is 0.0696. The summed E-state index contributed by atoms with van der Waals surface area (Å²) in [6.45, 7) is 0. The summed E-state index contributed by atoms with van der Waals surface area (Å²) in [5.41, 5.74) is 2.38. The molecule has 2 aromatic carbocycles. The number of benzene rings is 2. The van der Waals surface area contributed by atoms with Gasteiger partial charge in [0.2, 0.25) is 0 Å². The number of carbonyl (C=O) groups is 1. The SMILES string of the molecule is COc1cc(C(=O)O)ccc1NSc1csc(-c2ccc(C#N)cc2)n1. The van der Waals surface area contributed by atoms with E-state index in [4.69, 9.17) is 15.1 Å². The molecule has 0 aliphatic heterocycles. The number of nitrogens with one attached hydrogen (secondary N) is 1. The molecule has 1 heterocycles. The van der Waals surface area contributed by atoms with Crippen LogP contribution in [-0.2, 0) is 0 Å². The van der Waals surface area contributed by atoms with Crippen LogP contribution in [0, 0.1) is 11.3 Å². The minimum Gasteiger partial charge on any atom is -0.495 e. The van der Waals surface area contributed by atoms with Crippen molar-refractivity contribution in [1.82, 2.24) is 4.98 Å². The summed E-state index contributed by atoms with van der Waals surface area (Å²) in [7, 11) is 1.49. The highest BCUT2D eigenvalue weighted by Gasteiger charge is 2.11. The molecule has 0 fully saturated rings. The molecule has 0 radical (unpaired) electrons. The van der Waals surface area contributed by atoms with Gasteiger partial charge in [-0.1, -0.05) is 12.1 Å². The highest BCUT2D eigenvalue weighted by molar-refractivity contribution is 8.00. The predicted molar refractivity (Wildman–Crippen MR) is 102 cm³/mol. The Hall–Kier alpha value is -3.02. The number of ether oxygens (including phenoxy) is 1. The Morgan fingerprint density at radius 1 is 1.31 bits per heavy atom. The molecular formula is C18H13N3O3S2. The van der Waals surface area contributed by atoms with Crippen molar-refractivity contribution in [3.05, 3.63) is 59.0 Å². The maximum absolute atomic E-state index is 11.0. The van der Waals surface area contributed by atoms with Crippen LogP contribution in [0.15, 0.2) is 52.9 Å². The van der Waals surface area contributed by atoms with Gasteiger partial charge in [0.25, 0.3) is 0 Å². The molecule has 0 saturated carbocycles. The molecule has 8 heteroatoms. The molecular weight excluding hydrogens is 370 g/mol. The lowest BCUT2D eigenvalue weighted by Crippen LogP contribution is -1.99. The highest BCUT2D eigenvalue weighted by Crippen LogP contribution is 2.32. The van der Waals surface area contributed by atoms with Gasteiger partial charge in [-0.2, -0.15) is 5.26 Å². The monoisotopic (exact) mass is 383 g/mol. The standard InChI is InChI=1S/C18H13N3O3S2/c1-24-15-8-13(18(22)23)6-7-14(15)21-26-16-10-25-17(20-16)12-4-2-11(9-19)3-5-12/h2-8,10,21H,1H3,(H,22,23). The largest absolute Gasteiger partial charge is 0.495 e. The number of anilines is 1. The van der Waals surface area contributed by atoms with Gasteiger partial charge in [0.15, 0.2) is 0 Å². The minimum atomic E-state index is -1.01. The molecule has 130 valence electrons. The van der Waals surface area contributed by atoms with E-state index in [2.05, 4.69) is 15.8 Å². The van der Waals surface area contributed by atoms with E-state index in [1.165, 1.54) is 42.5 Å². The third kappa shape index (κ3) is 3.96. The first-order valence-corrected chi connectivity index (χ1v) is 9.10. The zero-order chi connectivity index (χ0) is 18.5. The first-order chi connectivity index (χ1) is 12.6. The van der Waals surface area contributed by atoms with Crippen molar-refractivity contribution in [2.45, 2.75) is 5.03 Å². The van der Waals surface area contributed by atoms with Gasteiger partial charge in [-0.15, -0.1) is 11.3 Å². The van der Waals surface area contributed by atoms with Crippen LogP contribution >= 0.6 is 23.3 Å². The number of hydrogen-bond acceptors (Lipinski definition) is 7. The van der Waals surface area contributed by atoms with E-state index in [0.717, 1.165) is 15.6 Å². The van der Waals surface area contributed by atoms with Crippen LogP contribution in [0.2, 0.25) is 0 Å². The fraction of sp³-hybridized carbons (Fsp3) is 0.0556. The van der Waals surface area contributed by atoms with Crippen molar-refractivity contribution in [1.29, 1.82) is 5.26 Å². The molecule has 0 unspecified atom stereocenters. The molecule has 3 aromatic rings. The lowest BCUT2D eigenvalue weighted by Gasteiger charge is -2.10. The molecule has 0 aliphatic carbocycles. The van der Waals surface area contributed by atoms with Gasteiger partial charge in [0, 0.05) is 22.9 Å². The Labute approximate surface area is 158 Å². The van der Waals surface area contributed by atoms with Crippen LogP contribution in [0.3, 0.4) is 0 Å². The van der Waals surface area contributed by atoms with Crippen molar-refractivity contribution in [2.24, 2.45) is 0 Å². The van der Waals surface area contributed by atoms with Gasteiger partial charge in [-0.25, -0.2) is 9.78 Å². The fourth-order valence-electron chi connectivity index (χ4n) is 2.14. The van der Waals surface area contributed by atoms with Crippen molar-refractivity contribution in [3.8, 4) is 22.4 Å². The van der Waals surface area contributed by atoms with E-state index >= 15 is 0 Å². The summed E-state index contributed by atoms with van der Waals surface area (Å²) < 4.78 is 8.37. The Morgan fingerprint density at radius 2 is 2.08 bits per heavy atom. The molecule has 0 saturated heterocycles. The summed E-state index contributed by atoms with van der Waals surface area (Å²) in [5, 5.41) is 21.4. The normalized spacial score (nSPS) is 10.2. The van der Waals surface area contributed by atoms with Gasteiger partial charge >= 0.3 is 5.97 Å². The third-order valence-corrected chi connectivity index (χ3v) is 5.24. The third-order valence-electron chi connectivity index (χ3n) is 3.46. The smallest absolute Gasteiger partial charge is 0.335 e. The van der Waals surface area contributed by atoms with Crippen LogP contribution in [0.5, 0.6) is 5.75 Å². The van der Waals surface area contributed by atoms with E-state index in [0.29, 0.717) is 17.0 Å². The Balaban J connectivity index is 1.72. The van der Waals surface area contributed by atoms with Crippen molar-refractivity contribution in [3.63, 3.8) is 0 Å². The van der Waals surface area contributed by atoms with Gasteiger partial charge in [0.05, 0.1) is 30.0 Å². The van der Waals surface area contributed by atoms with Gasteiger partial charge in [0.1, 0.15) is 15.8 Å². The van der Waals surface area contributed by atoms with Crippen LogP contribution in [0.4, 0.5) is 5.69 Å². The van der Waals surface area contributed by atoms with Crippen LogP contribution in [0.1, 0.15) is 15.9 Å². The molecule has 1 aromatic heterocycles. The van der Waals surface area contributed by atoms with E-state index in [1.54, 1.807) is 18.2 Å². The molecule has 0 aliphatic rings. The van der Waals surface area contributed by atoms with Gasteiger partial charge < -0.3 is 14.6 Å². The second-order valence-corrected chi connectivity index (χ2v) is 6.79. The lowest BCUT2D eigenvalue weighted by atomic mass is 10.1. The Bertz CT molecular complexity index is 978. The summed E-state index contributed by atoms with van der Waals surface area (Å²) >= 11 is 2.81. The summed E-state index contributed by atoms with van der Waals surface area (Å²) in [4.78, 5) is 15.6. The van der Waals surface area contributed by atoms with Gasteiger partial charge in [-0.05, 0) is 30.3 Å². The maximum atomic E-state index is 11.0. The van der Waals surface area contributed by atoms with E-state index in [1.807, 2.05) is 17.5 Å². The maximum Gasteiger partial charge on any atom is 0.335 e. The summed E-state index contributed by atoms with van der Waals surface area (Å²) in [6.07, 6.45) is 0. The first kappa shape index (κ1) is 17.8. The fourth-order valence-corrected chi connectivity index (χ4v) is 3.74. The molecule has 6 nitrogen and oxygen atoms in total. The average Bonchev–Trinajstić information content (AvgIpc) is 3.15. The average molecular weight is 383 g/mol. The van der Waals surface area contributed by atoms with Crippen LogP contribution in [0.25, 0.3) is 10.6 Å². The number of carboxylic acids is 1. The number of carboxylic acid groups (broad SMARTS) is 1. The number of aromatic carboxylic acids is 1. The number of rotatable bonds is 6. The number of thiazole rings is 1. The van der Waals surface area contributed by atoms with Gasteiger partial charge in [-0.3, -0.25) is 0 Å². The van der Waals surface area contributed by atoms with Crippen LogP contribution < -0.4 is 9.46 Å². The molecule has 2 N–H and O–H groups in total. The Kier molecular flexibility index (Phi) is 5.41. The predicted octanol–water partition coefficient (Wildman–Crippen LogP) is 4.51. The summed E-state index contributed by atoms with van der Waals surface area (Å²) in [5.74, 6) is -0.561. The molecule has 0 amide bonds. The quantitative estimate of drug-likeness (QED) is 0.605. The van der Waals surface area contributed by atoms with E-state index < -0.39 is 5.97 Å². The van der Waals surface area contributed by atoms with E-state index in [-0.39, 0.29) is 5.56 Å². The molecule has 0 spiro atoms. The first-order valence-electron chi connectivity index (χ1n) is 7.41. The van der Waals surface area contributed by atoms with E-state index in [9.17, 15) is 4.79 Å². The second kappa shape index (κ2) is 7.91. The van der Waals surface area contributed by atoms with Crippen molar-refractivity contribution in [2.75, 3.05) is 11.8 Å². The van der Waals surface area contributed by atoms with Crippen LogP contribution in [-0.4, -0.2) is 23.2 Å². The molecule has 3 rings (SSSR count). The number of nitrogens with zero attached hydrogens (tertiary/aromatic N) is 2. The highest BCUT2D eigenvalue weighted by atomic mass is 32.2. The second-order valence-electron chi connectivity index (χ2n) is 5.10. The molecule has 0 atom stereocenters. The minimum absolute atomic E-state index is 0.161. The van der Waals surface area contributed by atoms with Crippen molar-refractivity contribution >= 4 is 34.9 Å². The molecule has 0 bridgehead atoms. The zero-order valence-corrected chi connectivity index (χ0v) is 15.2. The number of nitriles is 1. The molecule has 26 heavy (non-hydrogen) atoms. The number of methoxy groups -OCH3 is 1. The topological polar surface area (TPSA) is 95.2 Å². The number of hydrogen-bond donors (Lipinski definition) is 2.